The van der Waals surface area contributed by atoms with E-state index in [4.69, 9.17) is 0 Å². The van der Waals surface area contributed by atoms with Gasteiger partial charge in [0.15, 0.2) is 0 Å². The minimum Gasteiger partial charge on any atom is -0.481 e. The molecule has 1 heterocycles. The quantitative estimate of drug-likeness (QED) is 0.799. The number of aliphatic carboxylic acids is 1. The molecule has 1 saturated heterocycles. The molecule has 4 atom stereocenters. The number of hydrogen-bond donors (Lipinski definition) is 2. The predicted octanol–water partition coefficient (Wildman–Crippen LogP) is 1.68. The highest BCUT2D eigenvalue weighted by atomic mass is 16.4. The third kappa shape index (κ3) is 1.90. The molecule has 2 N–H and O–H groups in total. The summed E-state index contributed by atoms with van der Waals surface area (Å²) in [5.74, 6) is -0.0173. The smallest absolute Gasteiger partial charge is 0.317 e. The highest BCUT2D eigenvalue weighted by molar-refractivity contribution is 5.80. The first-order chi connectivity index (χ1) is 9.03. The Balaban J connectivity index is 1.65. The van der Waals surface area contributed by atoms with Crippen molar-refractivity contribution in [2.45, 2.75) is 45.1 Å². The summed E-state index contributed by atoms with van der Waals surface area (Å²) < 4.78 is 0. The number of nitrogens with zero attached hydrogens (tertiary/aromatic N) is 1. The van der Waals surface area contributed by atoms with E-state index in [-0.39, 0.29) is 18.0 Å². The minimum atomic E-state index is -0.720. The second-order valence-electron chi connectivity index (χ2n) is 6.54. The van der Waals surface area contributed by atoms with Crippen molar-refractivity contribution in [3.63, 3.8) is 0 Å². The van der Waals surface area contributed by atoms with Gasteiger partial charge in [0.2, 0.25) is 0 Å². The molecule has 3 aliphatic rings. The van der Waals surface area contributed by atoms with Gasteiger partial charge < -0.3 is 15.3 Å². The second kappa shape index (κ2) is 4.39. The van der Waals surface area contributed by atoms with Crippen LogP contribution in [0.2, 0.25) is 0 Å². The Morgan fingerprint density at radius 1 is 1.32 bits per heavy atom. The number of likely N-dealkylation sites (tertiary alicyclic amines) is 1. The third-order valence-corrected chi connectivity index (χ3v) is 5.51. The molecule has 5 heteroatoms. The van der Waals surface area contributed by atoms with E-state index in [9.17, 15) is 14.7 Å². The van der Waals surface area contributed by atoms with Gasteiger partial charge in [0.25, 0.3) is 0 Å². The molecule has 5 nitrogen and oxygen atoms in total. The van der Waals surface area contributed by atoms with Crippen LogP contribution < -0.4 is 5.32 Å². The van der Waals surface area contributed by atoms with E-state index in [1.54, 1.807) is 4.90 Å². The van der Waals surface area contributed by atoms with Crippen LogP contribution in [0, 0.1) is 17.3 Å². The van der Waals surface area contributed by atoms with Crippen LogP contribution in [0.25, 0.3) is 0 Å². The predicted molar refractivity (Wildman–Crippen MR) is 69.7 cm³/mol. The average Bonchev–Trinajstić information content (AvgIpc) is 2.91. The summed E-state index contributed by atoms with van der Waals surface area (Å²) in [6, 6.07) is 0.222. The largest absolute Gasteiger partial charge is 0.481 e. The fraction of sp³-hybridized carbons (Fsp3) is 0.857. The van der Waals surface area contributed by atoms with Crippen molar-refractivity contribution in [2.24, 2.45) is 17.3 Å². The number of amides is 2. The minimum absolute atomic E-state index is 0.0634. The molecule has 0 spiro atoms. The molecule has 0 bridgehead atoms. The van der Waals surface area contributed by atoms with Gasteiger partial charge in [0.1, 0.15) is 0 Å². The molecular formula is C14H22N2O3. The van der Waals surface area contributed by atoms with E-state index in [0.29, 0.717) is 19.0 Å². The third-order valence-electron chi connectivity index (χ3n) is 5.51. The maximum atomic E-state index is 12.2. The molecule has 2 unspecified atom stereocenters. The van der Waals surface area contributed by atoms with Crippen LogP contribution in [0.5, 0.6) is 0 Å². The molecule has 3 rings (SSSR count). The molecule has 2 saturated carbocycles. The fourth-order valence-corrected chi connectivity index (χ4v) is 3.92. The van der Waals surface area contributed by atoms with Gasteiger partial charge in [-0.25, -0.2) is 4.79 Å². The van der Waals surface area contributed by atoms with Crippen LogP contribution in [0.15, 0.2) is 0 Å². The lowest BCUT2D eigenvalue weighted by atomic mass is 9.81. The number of rotatable bonds is 2. The molecule has 0 aromatic rings. The number of urea groups is 1. The van der Waals surface area contributed by atoms with Gasteiger partial charge in [-0.1, -0.05) is 13.3 Å². The number of hydrogen-bond acceptors (Lipinski definition) is 2. The Labute approximate surface area is 113 Å². The molecule has 106 valence electrons. The summed E-state index contributed by atoms with van der Waals surface area (Å²) >= 11 is 0. The molecule has 0 aromatic heterocycles. The van der Waals surface area contributed by atoms with Crippen LogP contribution in [0.4, 0.5) is 4.79 Å². The molecule has 0 radical (unpaired) electrons. The Morgan fingerprint density at radius 2 is 2.11 bits per heavy atom. The van der Waals surface area contributed by atoms with Crippen LogP contribution in [0.3, 0.4) is 0 Å². The summed E-state index contributed by atoms with van der Waals surface area (Å²) in [5, 5.41) is 12.5. The monoisotopic (exact) mass is 266 g/mol. The second-order valence-corrected chi connectivity index (χ2v) is 6.54. The number of carboxylic acids is 1. The normalized spacial score (nSPS) is 40.7. The lowest BCUT2D eigenvalue weighted by Crippen LogP contribution is -2.51. The molecule has 0 aromatic carbocycles. The number of carboxylic acid groups (broad SMARTS) is 1. The summed E-state index contributed by atoms with van der Waals surface area (Å²) in [7, 11) is 0. The van der Waals surface area contributed by atoms with Crippen LogP contribution in [-0.2, 0) is 4.79 Å². The summed E-state index contributed by atoms with van der Waals surface area (Å²) in [4.78, 5) is 25.5. The van der Waals surface area contributed by atoms with E-state index < -0.39 is 11.4 Å². The van der Waals surface area contributed by atoms with E-state index in [1.807, 2.05) is 0 Å². The van der Waals surface area contributed by atoms with Crippen molar-refractivity contribution in [1.29, 1.82) is 0 Å². The average molecular weight is 266 g/mol. The highest BCUT2D eigenvalue weighted by Crippen LogP contribution is 2.48. The van der Waals surface area contributed by atoms with Gasteiger partial charge in [-0.15, -0.1) is 0 Å². The zero-order valence-corrected chi connectivity index (χ0v) is 11.4. The Kier molecular flexibility index (Phi) is 2.95. The number of nitrogens with one attached hydrogen (secondary N) is 1. The molecular weight excluding hydrogens is 244 g/mol. The van der Waals surface area contributed by atoms with Gasteiger partial charge >= 0.3 is 12.0 Å². The van der Waals surface area contributed by atoms with Crippen molar-refractivity contribution in [3.05, 3.63) is 0 Å². The van der Waals surface area contributed by atoms with Gasteiger partial charge in [0.05, 0.1) is 5.41 Å². The maximum Gasteiger partial charge on any atom is 0.317 e. The Morgan fingerprint density at radius 3 is 2.63 bits per heavy atom. The Bertz CT molecular complexity index is 411. The molecule has 2 aliphatic carbocycles. The standard InChI is InChI=1S/C14H22N2O3/c1-9-4-5-11(9)15-13(19)16-7-10-3-2-6-14(10,8-16)12(17)18/h9-11H,2-8H2,1H3,(H,15,19)(H,17,18)/t9?,10-,11?,14+/m0/s1. The van der Waals surface area contributed by atoms with E-state index in [2.05, 4.69) is 12.2 Å². The Hall–Kier alpha value is -1.26. The van der Waals surface area contributed by atoms with Crippen LogP contribution in [0.1, 0.15) is 39.0 Å². The summed E-state index contributed by atoms with van der Waals surface area (Å²) in [6.07, 6.45) is 4.86. The zero-order valence-electron chi connectivity index (χ0n) is 11.4. The number of fused-ring (bicyclic) bond motifs is 1. The molecule has 3 fully saturated rings. The lowest BCUT2D eigenvalue weighted by molar-refractivity contribution is -0.149. The van der Waals surface area contributed by atoms with Gasteiger partial charge in [0, 0.05) is 19.1 Å². The summed E-state index contributed by atoms with van der Waals surface area (Å²) in [6.45, 7) is 3.14. The van der Waals surface area contributed by atoms with Gasteiger partial charge in [-0.05, 0) is 37.5 Å². The SMILES string of the molecule is CC1CCC1NC(=O)N1C[C@@H]2CCC[C@@]2(C(=O)O)C1. The van der Waals surface area contributed by atoms with Crippen molar-refractivity contribution in [1.82, 2.24) is 10.2 Å². The van der Waals surface area contributed by atoms with Crippen molar-refractivity contribution in [3.8, 4) is 0 Å². The van der Waals surface area contributed by atoms with Crippen molar-refractivity contribution >= 4 is 12.0 Å². The lowest BCUT2D eigenvalue weighted by Gasteiger charge is -2.35. The van der Waals surface area contributed by atoms with Crippen LogP contribution >= 0.6 is 0 Å². The summed E-state index contributed by atoms with van der Waals surface area (Å²) in [5.41, 5.74) is -0.664. The van der Waals surface area contributed by atoms with E-state index in [1.165, 1.54) is 6.42 Å². The van der Waals surface area contributed by atoms with Crippen LogP contribution in [-0.4, -0.2) is 41.1 Å². The molecule has 1 aliphatic heterocycles. The zero-order chi connectivity index (χ0) is 13.6. The number of carbonyl (C=O) groups excluding carboxylic acids is 1. The van der Waals surface area contributed by atoms with Crippen molar-refractivity contribution in [2.75, 3.05) is 13.1 Å². The first-order valence-corrected chi connectivity index (χ1v) is 7.32. The fourth-order valence-electron chi connectivity index (χ4n) is 3.92. The maximum absolute atomic E-state index is 12.2. The highest BCUT2D eigenvalue weighted by Gasteiger charge is 2.56. The number of carbonyl (C=O) groups is 2. The first-order valence-electron chi connectivity index (χ1n) is 7.32. The molecule has 19 heavy (non-hydrogen) atoms. The van der Waals surface area contributed by atoms with E-state index >= 15 is 0 Å². The first kappa shape index (κ1) is 12.8. The van der Waals surface area contributed by atoms with E-state index in [0.717, 1.165) is 25.7 Å². The van der Waals surface area contributed by atoms with Gasteiger partial charge in [-0.3, -0.25) is 4.79 Å². The van der Waals surface area contributed by atoms with Gasteiger partial charge in [-0.2, -0.15) is 0 Å². The topological polar surface area (TPSA) is 69.6 Å². The van der Waals surface area contributed by atoms with Crippen molar-refractivity contribution < 1.29 is 14.7 Å². The molecule has 2 amide bonds.